The van der Waals surface area contributed by atoms with Crippen LogP contribution in [-0.2, 0) is 14.3 Å². The second kappa shape index (κ2) is 7.75. The van der Waals surface area contributed by atoms with Gasteiger partial charge in [-0.15, -0.1) is 0 Å². The summed E-state index contributed by atoms with van der Waals surface area (Å²) in [5.74, 6) is -0.718. The third kappa shape index (κ3) is 6.78. The molecule has 0 radical (unpaired) electrons. The summed E-state index contributed by atoms with van der Waals surface area (Å²) in [6, 6.07) is 0. The van der Waals surface area contributed by atoms with Crippen molar-refractivity contribution in [3.8, 4) is 0 Å². The van der Waals surface area contributed by atoms with Crippen LogP contribution in [0.3, 0.4) is 0 Å². The average molecular weight is 275 g/mol. The highest BCUT2D eigenvalue weighted by Gasteiger charge is 2.34. The molecule has 0 aromatic rings. The van der Waals surface area contributed by atoms with Crippen molar-refractivity contribution in [3.63, 3.8) is 0 Å². The molecule has 0 rings (SSSR count). The van der Waals surface area contributed by atoms with E-state index in [2.05, 4.69) is 16.6 Å². The second-order valence-corrected chi connectivity index (χ2v) is 4.29. The molecule has 0 aliphatic carbocycles. The number of nitrogens with one attached hydrogen (secondary N) is 1. The molecule has 19 heavy (non-hydrogen) atoms. The van der Waals surface area contributed by atoms with Gasteiger partial charge in [-0.1, -0.05) is 6.58 Å². The summed E-state index contributed by atoms with van der Waals surface area (Å²) in [6.45, 7) is 7.52. The number of aliphatic hydroxyl groups is 2. The zero-order valence-corrected chi connectivity index (χ0v) is 11.4. The molecule has 0 saturated carbocycles. The Hall–Kier alpha value is -1.60. The minimum Gasteiger partial charge on any atom is -0.450 e. The molecular weight excluding hydrogens is 254 g/mol. The van der Waals surface area contributed by atoms with E-state index in [9.17, 15) is 14.7 Å². The zero-order valence-electron chi connectivity index (χ0n) is 11.4. The molecule has 2 atom stereocenters. The van der Waals surface area contributed by atoms with Crippen LogP contribution in [0.5, 0.6) is 0 Å². The molecule has 110 valence electrons. The molecule has 0 aliphatic heterocycles. The predicted molar refractivity (Wildman–Crippen MR) is 67.2 cm³/mol. The van der Waals surface area contributed by atoms with Gasteiger partial charge in [-0.3, -0.25) is 5.32 Å². The normalized spacial score (nSPS) is 15.0. The molecule has 1 amide bonds. The number of carbonyl (C=O) groups is 2. The Bertz CT molecular complexity index is 343. The van der Waals surface area contributed by atoms with Crippen LogP contribution in [0, 0.1) is 0 Å². The number of ether oxygens (including phenoxy) is 2. The SMILES string of the molecule is C=C(C)C(=O)OC(C)(CC(O)CO)NC(=O)OCC. The van der Waals surface area contributed by atoms with Crippen LogP contribution in [-0.4, -0.2) is 47.3 Å². The van der Waals surface area contributed by atoms with Gasteiger partial charge in [0, 0.05) is 12.0 Å². The third-order valence-electron chi connectivity index (χ3n) is 2.14. The number of rotatable bonds is 7. The number of hydrogen-bond acceptors (Lipinski definition) is 6. The largest absolute Gasteiger partial charge is 0.450 e. The quantitative estimate of drug-likeness (QED) is 0.351. The van der Waals surface area contributed by atoms with Gasteiger partial charge in [0.2, 0.25) is 0 Å². The molecule has 7 nitrogen and oxygen atoms in total. The first-order chi connectivity index (χ1) is 8.74. The number of hydrogen-bond donors (Lipinski definition) is 3. The molecule has 7 heteroatoms. The fourth-order valence-electron chi connectivity index (χ4n) is 1.31. The van der Waals surface area contributed by atoms with Crippen LogP contribution >= 0.6 is 0 Å². The van der Waals surface area contributed by atoms with Crippen LogP contribution in [0.1, 0.15) is 27.2 Å². The highest BCUT2D eigenvalue weighted by atomic mass is 16.6. The van der Waals surface area contributed by atoms with Gasteiger partial charge < -0.3 is 19.7 Å². The molecule has 3 N–H and O–H groups in total. The molecular formula is C12H21NO6. The molecule has 0 spiro atoms. The smallest absolute Gasteiger partial charge is 0.410 e. The van der Waals surface area contributed by atoms with Crippen LogP contribution in [0.25, 0.3) is 0 Å². The zero-order chi connectivity index (χ0) is 15.1. The Morgan fingerprint density at radius 1 is 1.47 bits per heavy atom. The van der Waals surface area contributed by atoms with E-state index in [0.29, 0.717) is 0 Å². The molecule has 2 unspecified atom stereocenters. The van der Waals surface area contributed by atoms with Crippen molar-refractivity contribution in [3.05, 3.63) is 12.2 Å². The van der Waals surface area contributed by atoms with Gasteiger partial charge in [0.1, 0.15) is 0 Å². The Morgan fingerprint density at radius 2 is 2.05 bits per heavy atom. The fraction of sp³-hybridized carbons (Fsp3) is 0.667. The number of carbonyl (C=O) groups excluding carboxylic acids is 2. The summed E-state index contributed by atoms with van der Waals surface area (Å²) in [5.41, 5.74) is -1.35. The second-order valence-electron chi connectivity index (χ2n) is 4.29. The van der Waals surface area contributed by atoms with E-state index < -0.39 is 30.5 Å². The minimum atomic E-state index is -1.50. The van der Waals surface area contributed by atoms with E-state index in [1.807, 2.05) is 0 Å². The van der Waals surface area contributed by atoms with E-state index in [0.717, 1.165) is 0 Å². The first kappa shape index (κ1) is 17.4. The van der Waals surface area contributed by atoms with Crippen molar-refractivity contribution in [2.24, 2.45) is 0 Å². The monoisotopic (exact) mass is 275 g/mol. The molecule has 0 saturated heterocycles. The summed E-state index contributed by atoms with van der Waals surface area (Å²) >= 11 is 0. The first-order valence-corrected chi connectivity index (χ1v) is 5.86. The molecule has 0 aromatic carbocycles. The Labute approximate surface area is 112 Å². The van der Waals surface area contributed by atoms with Gasteiger partial charge in [0.25, 0.3) is 0 Å². The van der Waals surface area contributed by atoms with E-state index >= 15 is 0 Å². The van der Waals surface area contributed by atoms with Gasteiger partial charge in [0.15, 0.2) is 5.72 Å². The van der Waals surface area contributed by atoms with Gasteiger partial charge in [0.05, 0.1) is 19.3 Å². The number of amides is 1. The fourth-order valence-corrected chi connectivity index (χ4v) is 1.31. The lowest BCUT2D eigenvalue weighted by molar-refractivity contribution is -0.159. The summed E-state index contributed by atoms with van der Waals surface area (Å²) in [5, 5.41) is 20.6. The van der Waals surface area contributed by atoms with E-state index in [4.69, 9.17) is 9.84 Å². The Kier molecular flexibility index (Phi) is 7.10. The Morgan fingerprint density at radius 3 is 2.47 bits per heavy atom. The maximum Gasteiger partial charge on any atom is 0.410 e. The lowest BCUT2D eigenvalue weighted by atomic mass is 10.1. The van der Waals surface area contributed by atoms with Crippen LogP contribution in [0.15, 0.2) is 12.2 Å². The van der Waals surface area contributed by atoms with E-state index in [-0.39, 0.29) is 18.6 Å². The topological polar surface area (TPSA) is 105 Å². The van der Waals surface area contributed by atoms with E-state index in [1.54, 1.807) is 6.92 Å². The standard InChI is InChI=1S/C12H21NO6/c1-5-18-11(17)13-12(4,6-9(15)7-14)19-10(16)8(2)3/h9,14-15H,2,5-7H2,1,3-4H3,(H,13,17). The highest BCUT2D eigenvalue weighted by Crippen LogP contribution is 2.17. The van der Waals surface area contributed by atoms with Gasteiger partial charge in [-0.25, -0.2) is 9.59 Å². The lowest BCUT2D eigenvalue weighted by Crippen LogP contribution is -2.52. The highest BCUT2D eigenvalue weighted by molar-refractivity contribution is 5.87. The predicted octanol–water partition coefficient (Wildman–Crippen LogP) is 0.311. The maximum atomic E-state index is 11.5. The van der Waals surface area contributed by atoms with Crippen molar-refractivity contribution in [2.45, 2.75) is 39.0 Å². The summed E-state index contributed by atoms with van der Waals surface area (Å²) in [4.78, 5) is 22.9. The van der Waals surface area contributed by atoms with E-state index in [1.165, 1.54) is 13.8 Å². The molecule has 0 aromatic heterocycles. The summed E-state index contributed by atoms with van der Waals surface area (Å²) in [6.07, 6.45) is -2.11. The average Bonchev–Trinajstić information content (AvgIpc) is 2.27. The van der Waals surface area contributed by atoms with Gasteiger partial charge in [-0.05, 0) is 20.8 Å². The number of alkyl carbamates (subject to hydrolysis) is 1. The summed E-state index contributed by atoms with van der Waals surface area (Å²) < 4.78 is 9.75. The maximum absolute atomic E-state index is 11.5. The van der Waals surface area contributed by atoms with Gasteiger partial charge >= 0.3 is 12.1 Å². The summed E-state index contributed by atoms with van der Waals surface area (Å²) in [7, 11) is 0. The first-order valence-electron chi connectivity index (χ1n) is 5.86. The Balaban J connectivity index is 4.84. The minimum absolute atomic E-state index is 0.148. The molecule has 0 heterocycles. The third-order valence-corrected chi connectivity index (χ3v) is 2.14. The van der Waals surface area contributed by atoms with Crippen LogP contribution < -0.4 is 5.32 Å². The lowest BCUT2D eigenvalue weighted by Gasteiger charge is -2.31. The van der Waals surface area contributed by atoms with Crippen molar-refractivity contribution in [1.82, 2.24) is 5.32 Å². The number of esters is 1. The molecule has 0 fully saturated rings. The van der Waals surface area contributed by atoms with Crippen LogP contribution in [0.2, 0.25) is 0 Å². The van der Waals surface area contributed by atoms with Crippen molar-refractivity contribution in [2.75, 3.05) is 13.2 Å². The van der Waals surface area contributed by atoms with Crippen molar-refractivity contribution >= 4 is 12.1 Å². The molecule has 0 bridgehead atoms. The number of aliphatic hydroxyl groups excluding tert-OH is 2. The van der Waals surface area contributed by atoms with Crippen LogP contribution in [0.4, 0.5) is 4.79 Å². The van der Waals surface area contributed by atoms with Crippen molar-refractivity contribution in [1.29, 1.82) is 0 Å². The van der Waals surface area contributed by atoms with Crippen molar-refractivity contribution < 1.29 is 29.3 Å². The van der Waals surface area contributed by atoms with Gasteiger partial charge in [-0.2, -0.15) is 0 Å². The molecule has 0 aliphatic rings.